The van der Waals surface area contributed by atoms with E-state index >= 15 is 0 Å². The highest BCUT2D eigenvalue weighted by molar-refractivity contribution is 5.89. The van der Waals surface area contributed by atoms with Crippen molar-refractivity contribution >= 4 is 24.2 Å². The van der Waals surface area contributed by atoms with Gasteiger partial charge in [0.15, 0.2) is 0 Å². The van der Waals surface area contributed by atoms with Crippen molar-refractivity contribution in [2.75, 3.05) is 13.1 Å². The summed E-state index contributed by atoms with van der Waals surface area (Å²) in [5, 5.41) is 3.03. The Morgan fingerprint density at radius 3 is 2.61 bits per heavy atom. The van der Waals surface area contributed by atoms with Gasteiger partial charge in [-0.05, 0) is 24.3 Å². The van der Waals surface area contributed by atoms with Crippen molar-refractivity contribution in [3.8, 4) is 0 Å². The molecular weight excluding hydrogens is 314 g/mol. The lowest BCUT2D eigenvalue weighted by molar-refractivity contribution is -0.129. The number of halogens is 1. The minimum absolute atomic E-state index is 0. The van der Waals surface area contributed by atoms with Crippen molar-refractivity contribution in [3.63, 3.8) is 0 Å². The fraction of sp³-hybridized carbons (Fsp3) is 0.529. The summed E-state index contributed by atoms with van der Waals surface area (Å²) in [5.74, 6) is 0.321. The Hall–Kier alpha value is -1.59. The number of nitrogens with zero attached hydrogens (tertiary/aromatic N) is 1. The number of benzene rings is 1. The molecule has 0 aromatic heterocycles. The molecule has 1 saturated heterocycles. The molecule has 1 aromatic carbocycles. The number of rotatable bonds is 6. The molecule has 2 aliphatic rings. The number of carbonyl (C=O) groups excluding carboxylic acids is 2. The Kier molecular flexibility index (Phi) is 6.02. The second kappa shape index (κ2) is 7.79. The summed E-state index contributed by atoms with van der Waals surface area (Å²) in [6, 6.07) is 9.95. The third kappa shape index (κ3) is 4.45. The molecule has 3 N–H and O–H groups in total. The zero-order valence-corrected chi connectivity index (χ0v) is 13.9. The topological polar surface area (TPSA) is 75.4 Å². The van der Waals surface area contributed by atoms with Gasteiger partial charge >= 0.3 is 0 Å². The van der Waals surface area contributed by atoms with E-state index in [1.54, 1.807) is 4.90 Å². The van der Waals surface area contributed by atoms with E-state index < -0.39 is 0 Å². The van der Waals surface area contributed by atoms with E-state index in [-0.39, 0.29) is 36.2 Å². The molecule has 1 aliphatic heterocycles. The third-order valence-corrected chi connectivity index (χ3v) is 4.57. The van der Waals surface area contributed by atoms with Crippen LogP contribution < -0.4 is 11.1 Å². The summed E-state index contributed by atoms with van der Waals surface area (Å²) in [6.07, 6.45) is 2.60. The predicted octanol–water partition coefficient (Wildman–Crippen LogP) is 1.31. The van der Waals surface area contributed by atoms with E-state index in [1.165, 1.54) is 0 Å². The minimum atomic E-state index is -0.246. The first-order chi connectivity index (χ1) is 10.7. The molecule has 0 bridgehead atoms. The predicted molar refractivity (Wildman–Crippen MR) is 90.9 cm³/mol. The first-order valence-electron chi connectivity index (χ1n) is 7.99. The van der Waals surface area contributed by atoms with Gasteiger partial charge in [0, 0.05) is 32.1 Å². The van der Waals surface area contributed by atoms with Crippen molar-refractivity contribution in [2.24, 2.45) is 17.6 Å². The summed E-state index contributed by atoms with van der Waals surface area (Å²) in [4.78, 5) is 26.2. The van der Waals surface area contributed by atoms with Crippen molar-refractivity contribution in [1.29, 1.82) is 0 Å². The monoisotopic (exact) mass is 337 g/mol. The number of likely N-dealkylation sites (tertiary alicyclic amines) is 1. The fourth-order valence-corrected chi connectivity index (χ4v) is 3.07. The first kappa shape index (κ1) is 17.8. The highest BCUT2D eigenvalue weighted by Crippen LogP contribution is 2.32. The average molecular weight is 338 g/mol. The van der Waals surface area contributed by atoms with E-state index in [4.69, 9.17) is 5.73 Å². The van der Waals surface area contributed by atoms with Crippen LogP contribution in [-0.4, -0.2) is 35.8 Å². The van der Waals surface area contributed by atoms with Gasteiger partial charge in [0.05, 0.1) is 5.92 Å². The van der Waals surface area contributed by atoms with Crippen LogP contribution >= 0.6 is 12.4 Å². The zero-order chi connectivity index (χ0) is 15.5. The Morgan fingerprint density at radius 1 is 1.30 bits per heavy atom. The van der Waals surface area contributed by atoms with E-state index in [9.17, 15) is 9.59 Å². The van der Waals surface area contributed by atoms with E-state index in [0.717, 1.165) is 18.4 Å². The molecule has 1 saturated carbocycles. The van der Waals surface area contributed by atoms with Gasteiger partial charge in [0.2, 0.25) is 11.8 Å². The molecule has 126 valence electrons. The van der Waals surface area contributed by atoms with Crippen LogP contribution in [0.3, 0.4) is 0 Å². The molecule has 0 radical (unpaired) electrons. The van der Waals surface area contributed by atoms with Crippen LogP contribution in [0, 0.1) is 11.8 Å². The third-order valence-electron chi connectivity index (χ3n) is 4.57. The fourth-order valence-electron chi connectivity index (χ4n) is 3.07. The van der Waals surface area contributed by atoms with Gasteiger partial charge in [-0.2, -0.15) is 0 Å². The quantitative estimate of drug-likeness (QED) is 0.821. The van der Waals surface area contributed by atoms with Crippen LogP contribution in [0.5, 0.6) is 0 Å². The summed E-state index contributed by atoms with van der Waals surface area (Å²) < 4.78 is 0. The van der Waals surface area contributed by atoms with Crippen LogP contribution in [0.25, 0.3) is 0 Å². The van der Waals surface area contributed by atoms with Crippen LogP contribution in [0.4, 0.5) is 0 Å². The highest BCUT2D eigenvalue weighted by atomic mass is 35.5. The molecular formula is C17H24ClN3O2. The SMILES string of the molecule is Cl.NCC(NC(=O)C1CC(=O)N(Cc2ccccc2)C1)C1CC1. The van der Waals surface area contributed by atoms with Gasteiger partial charge in [0.25, 0.3) is 0 Å². The normalized spacial score (nSPS) is 21.7. The molecule has 1 aromatic rings. The second-order valence-electron chi connectivity index (χ2n) is 6.35. The molecule has 5 nitrogen and oxygen atoms in total. The Labute approximate surface area is 143 Å². The number of nitrogens with one attached hydrogen (secondary N) is 1. The smallest absolute Gasteiger partial charge is 0.225 e. The molecule has 2 amide bonds. The molecule has 2 atom stereocenters. The lowest BCUT2D eigenvalue weighted by Crippen LogP contribution is -2.45. The van der Waals surface area contributed by atoms with E-state index in [0.29, 0.717) is 32.0 Å². The number of hydrogen-bond donors (Lipinski definition) is 2. The molecule has 1 aliphatic carbocycles. The van der Waals surface area contributed by atoms with E-state index in [1.807, 2.05) is 30.3 Å². The zero-order valence-electron chi connectivity index (χ0n) is 13.1. The standard InChI is InChI=1S/C17H23N3O2.ClH/c18-9-15(13-6-7-13)19-17(22)14-8-16(21)20(11-14)10-12-4-2-1-3-5-12;/h1-5,13-15H,6-11,18H2,(H,19,22);1H. The molecule has 0 spiro atoms. The van der Waals surface area contributed by atoms with Crippen LogP contribution in [0.2, 0.25) is 0 Å². The summed E-state index contributed by atoms with van der Waals surface area (Å²) in [5.41, 5.74) is 6.82. The number of carbonyl (C=O) groups is 2. The van der Waals surface area contributed by atoms with Crippen molar-refractivity contribution < 1.29 is 9.59 Å². The van der Waals surface area contributed by atoms with Crippen molar-refractivity contribution in [2.45, 2.75) is 31.8 Å². The van der Waals surface area contributed by atoms with Crippen molar-refractivity contribution in [1.82, 2.24) is 10.2 Å². The molecule has 6 heteroatoms. The maximum Gasteiger partial charge on any atom is 0.225 e. The van der Waals surface area contributed by atoms with Gasteiger partial charge in [-0.3, -0.25) is 9.59 Å². The molecule has 2 fully saturated rings. The van der Waals surface area contributed by atoms with Gasteiger partial charge in [-0.25, -0.2) is 0 Å². The van der Waals surface area contributed by atoms with Gasteiger partial charge < -0.3 is 16.0 Å². The number of amides is 2. The number of nitrogens with two attached hydrogens (primary N) is 1. The summed E-state index contributed by atoms with van der Waals surface area (Å²) in [7, 11) is 0. The van der Waals surface area contributed by atoms with Crippen LogP contribution in [0.15, 0.2) is 30.3 Å². The lowest BCUT2D eigenvalue weighted by atomic mass is 10.1. The molecule has 3 rings (SSSR count). The largest absolute Gasteiger partial charge is 0.352 e. The maximum atomic E-state index is 12.3. The minimum Gasteiger partial charge on any atom is -0.352 e. The number of hydrogen-bond acceptors (Lipinski definition) is 3. The Bertz CT molecular complexity index is 548. The molecule has 2 unspecified atom stereocenters. The van der Waals surface area contributed by atoms with Gasteiger partial charge in [0.1, 0.15) is 0 Å². The Morgan fingerprint density at radius 2 is 2.00 bits per heavy atom. The molecule has 1 heterocycles. The van der Waals surface area contributed by atoms with E-state index in [2.05, 4.69) is 5.32 Å². The average Bonchev–Trinajstić information content (AvgIpc) is 3.30. The maximum absolute atomic E-state index is 12.3. The van der Waals surface area contributed by atoms with Crippen molar-refractivity contribution in [3.05, 3.63) is 35.9 Å². The van der Waals surface area contributed by atoms with Crippen LogP contribution in [-0.2, 0) is 16.1 Å². The van der Waals surface area contributed by atoms with Gasteiger partial charge in [-0.1, -0.05) is 30.3 Å². The second-order valence-corrected chi connectivity index (χ2v) is 6.35. The summed E-state index contributed by atoms with van der Waals surface area (Å²) >= 11 is 0. The van der Waals surface area contributed by atoms with Crippen LogP contribution in [0.1, 0.15) is 24.8 Å². The summed E-state index contributed by atoms with van der Waals surface area (Å²) in [6.45, 7) is 1.55. The Balaban J connectivity index is 0.00000192. The highest BCUT2D eigenvalue weighted by Gasteiger charge is 2.37. The molecule has 23 heavy (non-hydrogen) atoms. The van der Waals surface area contributed by atoms with Gasteiger partial charge in [-0.15, -0.1) is 12.4 Å². The lowest BCUT2D eigenvalue weighted by Gasteiger charge is -2.19. The first-order valence-corrected chi connectivity index (χ1v) is 7.99.